The largest absolute Gasteiger partial charge is 0.459 e. The van der Waals surface area contributed by atoms with Gasteiger partial charge in [0.25, 0.3) is 0 Å². The van der Waals surface area contributed by atoms with Crippen molar-refractivity contribution < 1.29 is 19.1 Å². The Labute approximate surface area is 149 Å². The lowest BCUT2D eigenvalue weighted by Gasteiger charge is -2.32. The Kier molecular flexibility index (Phi) is 4.62. The van der Waals surface area contributed by atoms with Gasteiger partial charge in [-0.1, -0.05) is 30.3 Å². The SMILES string of the molecule is C[C@H](c1ccccc1)N1CC(CC2CO2)(C(=O)OC(C)(C)C)CC1=O. The van der Waals surface area contributed by atoms with E-state index in [0.717, 1.165) is 5.56 Å². The molecule has 2 heterocycles. The lowest BCUT2D eigenvalue weighted by Crippen LogP contribution is -2.41. The molecule has 2 aliphatic heterocycles. The Morgan fingerprint density at radius 3 is 2.56 bits per heavy atom. The van der Waals surface area contributed by atoms with E-state index < -0.39 is 11.0 Å². The minimum absolute atomic E-state index is 0.00265. The molecule has 2 unspecified atom stereocenters. The van der Waals surface area contributed by atoms with Gasteiger partial charge in [-0.15, -0.1) is 0 Å². The van der Waals surface area contributed by atoms with E-state index in [4.69, 9.17) is 9.47 Å². The molecule has 0 bridgehead atoms. The highest BCUT2D eigenvalue weighted by Crippen LogP contribution is 2.43. The predicted molar refractivity (Wildman–Crippen MR) is 93.8 cm³/mol. The number of amides is 1. The summed E-state index contributed by atoms with van der Waals surface area (Å²) in [5, 5.41) is 0. The molecule has 1 aromatic carbocycles. The van der Waals surface area contributed by atoms with Crippen molar-refractivity contribution in [3.63, 3.8) is 0 Å². The molecule has 0 saturated carbocycles. The number of hydrogen-bond donors (Lipinski definition) is 0. The first kappa shape index (κ1) is 17.9. The monoisotopic (exact) mass is 345 g/mol. The molecule has 25 heavy (non-hydrogen) atoms. The molecule has 2 aliphatic rings. The van der Waals surface area contributed by atoms with Crippen molar-refractivity contribution in [1.82, 2.24) is 4.90 Å². The molecule has 2 saturated heterocycles. The van der Waals surface area contributed by atoms with E-state index in [0.29, 0.717) is 19.6 Å². The summed E-state index contributed by atoms with van der Waals surface area (Å²) in [5.41, 5.74) is -0.316. The van der Waals surface area contributed by atoms with Crippen molar-refractivity contribution in [2.24, 2.45) is 5.41 Å². The summed E-state index contributed by atoms with van der Waals surface area (Å²) in [6, 6.07) is 9.83. The summed E-state index contributed by atoms with van der Waals surface area (Å²) in [7, 11) is 0. The second kappa shape index (κ2) is 6.45. The molecule has 3 rings (SSSR count). The van der Waals surface area contributed by atoms with Crippen molar-refractivity contribution in [2.75, 3.05) is 13.2 Å². The Morgan fingerprint density at radius 2 is 2.00 bits per heavy atom. The van der Waals surface area contributed by atoms with Crippen molar-refractivity contribution in [3.8, 4) is 0 Å². The number of benzene rings is 1. The zero-order valence-corrected chi connectivity index (χ0v) is 15.5. The second-order valence-corrected chi connectivity index (χ2v) is 8.23. The Hall–Kier alpha value is -1.88. The van der Waals surface area contributed by atoms with Gasteiger partial charge >= 0.3 is 5.97 Å². The summed E-state index contributed by atoms with van der Waals surface area (Å²) < 4.78 is 11.0. The van der Waals surface area contributed by atoms with Gasteiger partial charge in [0.05, 0.1) is 24.2 Å². The van der Waals surface area contributed by atoms with Gasteiger partial charge in [-0.2, -0.15) is 0 Å². The Bertz CT molecular complexity index is 647. The van der Waals surface area contributed by atoms with Crippen molar-refractivity contribution in [2.45, 2.75) is 58.3 Å². The molecule has 0 N–H and O–H groups in total. The smallest absolute Gasteiger partial charge is 0.315 e. The molecule has 0 spiro atoms. The molecule has 0 radical (unpaired) electrons. The molecule has 5 nitrogen and oxygen atoms in total. The molecule has 2 fully saturated rings. The maximum absolute atomic E-state index is 12.9. The van der Waals surface area contributed by atoms with Crippen molar-refractivity contribution in [3.05, 3.63) is 35.9 Å². The molecule has 1 aromatic rings. The second-order valence-electron chi connectivity index (χ2n) is 8.23. The predicted octanol–water partition coefficient (Wildman–Crippen LogP) is 3.10. The van der Waals surface area contributed by atoms with Crippen LogP contribution in [-0.4, -0.2) is 41.6 Å². The van der Waals surface area contributed by atoms with E-state index in [-0.39, 0.29) is 30.4 Å². The normalized spacial score (nSPS) is 27.3. The Balaban J connectivity index is 1.82. The minimum Gasteiger partial charge on any atom is -0.459 e. The van der Waals surface area contributed by atoms with Gasteiger partial charge in [-0.3, -0.25) is 9.59 Å². The lowest BCUT2D eigenvalue weighted by atomic mass is 9.82. The van der Waals surface area contributed by atoms with E-state index in [1.165, 1.54) is 0 Å². The number of nitrogens with zero attached hydrogens (tertiary/aromatic N) is 1. The van der Waals surface area contributed by atoms with E-state index in [9.17, 15) is 9.59 Å². The van der Waals surface area contributed by atoms with Gasteiger partial charge in [0.15, 0.2) is 0 Å². The van der Waals surface area contributed by atoms with Crippen LogP contribution in [0.1, 0.15) is 52.1 Å². The van der Waals surface area contributed by atoms with Crippen molar-refractivity contribution >= 4 is 11.9 Å². The minimum atomic E-state index is -0.811. The lowest BCUT2D eigenvalue weighted by molar-refractivity contribution is -0.168. The topological polar surface area (TPSA) is 59.1 Å². The molecule has 1 amide bonds. The summed E-state index contributed by atoms with van der Waals surface area (Å²) in [6.07, 6.45) is 0.803. The average Bonchev–Trinajstić information content (AvgIpc) is 3.27. The van der Waals surface area contributed by atoms with Crippen LogP contribution in [0, 0.1) is 5.41 Å². The number of rotatable bonds is 5. The first-order valence-corrected chi connectivity index (χ1v) is 8.90. The van der Waals surface area contributed by atoms with Crippen LogP contribution in [0.25, 0.3) is 0 Å². The molecular formula is C20H27NO4. The number of epoxide rings is 1. The number of carbonyl (C=O) groups is 2. The van der Waals surface area contributed by atoms with Crippen LogP contribution < -0.4 is 0 Å². The number of hydrogen-bond acceptors (Lipinski definition) is 4. The van der Waals surface area contributed by atoms with E-state index in [1.54, 1.807) is 0 Å². The van der Waals surface area contributed by atoms with Crippen LogP contribution in [0.5, 0.6) is 0 Å². The quantitative estimate of drug-likeness (QED) is 0.608. The third-order valence-corrected chi connectivity index (χ3v) is 4.89. The van der Waals surface area contributed by atoms with Crippen LogP contribution in [0.15, 0.2) is 30.3 Å². The molecule has 0 aromatic heterocycles. The van der Waals surface area contributed by atoms with E-state index in [2.05, 4.69) is 0 Å². The number of likely N-dealkylation sites (tertiary alicyclic amines) is 1. The van der Waals surface area contributed by atoms with Crippen LogP contribution in [0.4, 0.5) is 0 Å². The van der Waals surface area contributed by atoms with Crippen LogP contribution in [0.3, 0.4) is 0 Å². The molecule has 136 valence electrons. The average molecular weight is 345 g/mol. The first-order valence-electron chi connectivity index (χ1n) is 8.90. The van der Waals surface area contributed by atoms with Crippen LogP contribution >= 0.6 is 0 Å². The van der Waals surface area contributed by atoms with Crippen molar-refractivity contribution in [1.29, 1.82) is 0 Å². The third kappa shape index (κ3) is 4.03. The van der Waals surface area contributed by atoms with Gasteiger partial charge < -0.3 is 14.4 Å². The Morgan fingerprint density at radius 1 is 1.36 bits per heavy atom. The van der Waals surface area contributed by atoms with Crippen LogP contribution in [-0.2, 0) is 19.1 Å². The standard InChI is InChI=1S/C20H27NO4/c1-14(15-8-6-5-7-9-15)21-13-20(11-17(21)22,10-16-12-24-16)18(23)25-19(2,3)4/h5-9,14,16H,10-13H2,1-4H3/t14-,16?,20?/m1/s1. The fraction of sp³-hybridized carbons (Fsp3) is 0.600. The fourth-order valence-electron chi connectivity index (χ4n) is 3.49. The van der Waals surface area contributed by atoms with E-state index in [1.807, 2.05) is 62.9 Å². The summed E-state index contributed by atoms with van der Waals surface area (Å²) >= 11 is 0. The number of esters is 1. The fourth-order valence-corrected chi connectivity index (χ4v) is 3.49. The van der Waals surface area contributed by atoms with Gasteiger partial charge in [0.1, 0.15) is 5.60 Å². The summed E-state index contributed by atoms with van der Waals surface area (Å²) in [6.45, 7) is 8.61. The zero-order valence-electron chi connectivity index (χ0n) is 15.5. The zero-order chi connectivity index (χ0) is 18.2. The number of ether oxygens (including phenoxy) is 2. The van der Waals surface area contributed by atoms with Crippen LogP contribution in [0.2, 0.25) is 0 Å². The molecular weight excluding hydrogens is 318 g/mol. The molecule has 0 aliphatic carbocycles. The number of carbonyl (C=O) groups excluding carboxylic acids is 2. The third-order valence-electron chi connectivity index (χ3n) is 4.89. The van der Waals surface area contributed by atoms with E-state index >= 15 is 0 Å². The summed E-state index contributed by atoms with van der Waals surface area (Å²) in [4.78, 5) is 27.5. The maximum Gasteiger partial charge on any atom is 0.315 e. The highest BCUT2D eigenvalue weighted by atomic mass is 16.6. The first-order chi connectivity index (χ1) is 11.7. The summed E-state index contributed by atoms with van der Waals surface area (Å²) in [5.74, 6) is -0.283. The van der Waals surface area contributed by atoms with Gasteiger partial charge in [0.2, 0.25) is 5.91 Å². The van der Waals surface area contributed by atoms with Gasteiger partial charge in [-0.05, 0) is 39.7 Å². The van der Waals surface area contributed by atoms with Gasteiger partial charge in [0, 0.05) is 13.0 Å². The highest BCUT2D eigenvalue weighted by Gasteiger charge is 2.54. The highest BCUT2D eigenvalue weighted by molar-refractivity contribution is 5.90. The molecule has 5 heteroatoms. The molecule has 3 atom stereocenters. The van der Waals surface area contributed by atoms with Gasteiger partial charge in [-0.25, -0.2) is 0 Å². The maximum atomic E-state index is 12.9.